The molecule has 0 N–H and O–H groups in total. The van der Waals surface area contributed by atoms with Crippen molar-refractivity contribution in [2.75, 3.05) is 7.11 Å². The number of ether oxygens (including phenoxy) is 1. The fourth-order valence-electron chi connectivity index (χ4n) is 3.38. The molecular formula is C26H20N2O4S. The van der Waals surface area contributed by atoms with Gasteiger partial charge in [-0.25, -0.2) is 4.79 Å². The molecule has 0 aliphatic heterocycles. The number of thiazole rings is 1. The SMILES string of the molecule is C=CCn1c(=NC(=O)c2ccc(C(=O)c3ccccc3)cc2)sc2cc(C(=O)OC)ccc21. The monoisotopic (exact) mass is 456 g/mol. The Bertz CT molecular complexity index is 1430. The molecule has 6 nitrogen and oxygen atoms in total. The Morgan fingerprint density at radius 3 is 2.24 bits per heavy atom. The highest BCUT2D eigenvalue weighted by Gasteiger charge is 2.13. The van der Waals surface area contributed by atoms with E-state index in [1.165, 1.54) is 18.4 Å². The van der Waals surface area contributed by atoms with Crippen molar-refractivity contribution in [2.24, 2.45) is 4.99 Å². The van der Waals surface area contributed by atoms with Crippen molar-refractivity contribution < 1.29 is 19.1 Å². The minimum Gasteiger partial charge on any atom is -0.465 e. The summed E-state index contributed by atoms with van der Waals surface area (Å²) in [5.41, 5.74) is 2.72. The van der Waals surface area contributed by atoms with Gasteiger partial charge in [-0.05, 0) is 30.3 Å². The van der Waals surface area contributed by atoms with Gasteiger partial charge in [0.15, 0.2) is 10.6 Å². The predicted octanol–water partition coefficient (Wildman–Crippen LogP) is 4.65. The molecule has 0 fully saturated rings. The van der Waals surface area contributed by atoms with Crippen LogP contribution in [0.15, 0.2) is 90.4 Å². The number of nitrogens with zero attached hydrogens (tertiary/aromatic N) is 2. The first-order valence-electron chi connectivity index (χ1n) is 10.1. The maximum Gasteiger partial charge on any atom is 0.337 e. The second kappa shape index (κ2) is 9.58. The van der Waals surface area contributed by atoms with Gasteiger partial charge in [0.1, 0.15) is 0 Å². The van der Waals surface area contributed by atoms with E-state index in [1.54, 1.807) is 60.7 Å². The van der Waals surface area contributed by atoms with Gasteiger partial charge < -0.3 is 9.30 Å². The molecule has 33 heavy (non-hydrogen) atoms. The highest BCUT2D eigenvalue weighted by atomic mass is 32.1. The normalized spacial score (nSPS) is 11.4. The van der Waals surface area contributed by atoms with Crippen molar-refractivity contribution in [1.29, 1.82) is 0 Å². The van der Waals surface area contributed by atoms with Gasteiger partial charge in [-0.2, -0.15) is 4.99 Å². The van der Waals surface area contributed by atoms with Gasteiger partial charge in [-0.15, -0.1) is 6.58 Å². The number of esters is 1. The molecule has 0 spiro atoms. The van der Waals surface area contributed by atoms with E-state index in [2.05, 4.69) is 11.6 Å². The number of ketones is 1. The summed E-state index contributed by atoms with van der Waals surface area (Å²) in [6, 6.07) is 20.6. The maximum absolute atomic E-state index is 12.9. The molecule has 1 amide bonds. The van der Waals surface area contributed by atoms with E-state index < -0.39 is 11.9 Å². The fourth-order valence-corrected chi connectivity index (χ4v) is 4.46. The number of hydrogen-bond acceptors (Lipinski definition) is 5. The zero-order valence-corrected chi connectivity index (χ0v) is 18.7. The van der Waals surface area contributed by atoms with E-state index in [4.69, 9.17) is 4.74 Å². The molecule has 164 valence electrons. The van der Waals surface area contributed by atoms with Crippen LogP contribution in [-0.4, -0.2) is 29.3 Å². The minimum absolute atomic E-state index is 0.110. The van der Waals surface area contributed by atoms with Crippen molar-refractivity contribution in [3.8, 4) is 0 Å². The zero-order chi connectivity index (χ0) is 23.4. The van der Waals surface area contributed by atoms with Crippen LogP contribution in [0.3, 0.4) is 0 Å². The summed E-state index contributed by atoms with van der Waals surface area (Å²) in [6.07, 6.45) is 1.72. The van der Waals surface area contributed by atoms with Gasteiger partial charge in [0.05, 0.1) is 22.9 Å². The van der Waals surface area contributed by atoms with Crippen LogP contribution in [0.1, 0.15) is 36.6 Å². The minimum atomic E-state index is -0.430. The van der Waals surface area contributed by atoms with Gasteiger partial charge in [0.2, 0.25) is 0 Å². The molecule has 0 saturated carbocycles. The summed E-state index contributed by atoms with van der Waals surface area (Å²) in [4.78, 5) is 42.1. The van der Waals surface area contributed by atoms with Crippen LogP contribution >= 0.6 is 11.3 Å². The first kappa shape index (κ1) is 22.1. The first-order chi connectivity index (χ1) is 16.0. The van der Waals surface area contributed by atoms with Crippen LogP contribution in [0.5, 0.6) is 0 Å². The summed E-state index contributed by atoms with van der Waals surface area (Å²) in [7, 11) is 1.33. The van der Waals surface area contributed by atoms with Crippen molar-refractivity contribution in [1.82, 2.24) is 4.57 Å². The fraction of sp³-hybridized carbons (Fsp3) is 0.0769. The summed E-state index contributed by atoms with van der Waals surface area (Å²) >= 11 is 1.30. The molecule has 0 aliphatic rings. The highest BCUT2D eigenvalue weighted by molar-refractivity contribution is 7.16. The van der Waals surface area contributed by atoms with Gasteiger partial charge in [0.25, 0.3) is 5.91 Å². The van der Waals surface area contributed by atoms with E-state index >= 15 is 0 Å². The lowest BCUT2D eigenvalue weighted by Gasteiger charge is -2.03. The third-order valence-corrected chi connectivity index (χ3v) is 6.08. The van der Waals surface area contributed by atoms with Gasteiger partial charge in [-0.1, -0.05) is 59.9 Å². The molecule has 1 heterocycles. The third kappa shape index (κ3) is 4.58. The molecule has 0 aliphatic carbocycles. The van der Waals surface area contributed by atoms with Crippen LogP contribution in [-0.2, 0) is 11.3 Å². The Labute approximate surface area is 194 Å². The van der Waals surface area contributed by atoms with E-state index in [0.29, 0.717) is 33.6 Å². The highest BCUT2D eigenvalue weighted by Crippen LogP contribution is 2.20. The number of aromatic nitrogens is 1. The van der Waals surface area contributed by atoms with Crippen LogP contribution in [0.4, 0.5) is 0 Å². The molecule has 0 saturated heterocycles. The lowest BCUT2D eigenvalue weighted by atomic mass is 10.0. The van der Waals surface area contributed by atoms with Crippen molar-refractivity contribution in [3.63, 3.8) is 0 Å². The molecule has 0 atom stereocenters. The second-order valence-corrected chi connectivity index (χ2v) is 8.16. The number of carbonyl (C=O) groups is 3. The topological polar surface area (TPSA) is 77.7 Å². The molecule has 1 aromatic heterocycles. The molecule has 0 bridgehead atoms. The molecule has 0 radical (unpaired) electrons. The van der Waals surface area contributed by atoms with Crippen molar-refractivity contribution in [3.05, 3.63) is 113 Å². The number of allylic oxidation sites excluding steroid dienone is 1. The van der Waals surface area contributed by atoms with Crippen LogP contribution in [0, 0.1) is 0 Å². The van der Waals surface area contributed by atoms with Crippen LogP contribution in [0.2, 0.25) is 0 Å². The maximum atomic E-state index is 12.9. The van der Waals surface area contributed by atoms with E-state index in [-0.39, 0.29) is 5.78 Å². The van der Waals surface area contributed by atoms with E-state index in [1.807, 2.05) is 22.8 Å². The number of amides is 1. The molecule has 4 rings (SSSR count). The molecule has 0 unspecified atom stereocenters. The molecule has 3 aromatic carbocycles. The zero-order valence-electron chi connectivity index (χ0n) is 17.9. The number of fused-ring (bicyclic) bond motifs is 1. The molecule has 7 heteroatoms. The summed E-state index contributed by atoms with van der Waals surface area (Å²) in [6.45, 7) is 4.23. The van der Waals surface area contributed by atoms with Crippen LogP contribution in [0.25, 0.3) is 10.2 Å². The van der Waals surface area contributed by atoms with E-state index in [9.17, 15) is 14.4 Å². The summed E-state index contributed by atoms with van der Waals surface area (Å²) in [5.74, 6) is -0.965. The van der Waals surface area contributed by atoms with Gasteiger partial charge in [-0.3, -0.25) is 9.59 Å². The smallest absolute Gasteiger partial charge is 0.337 e. The lowest BCUT2D eigenvalue weighted by Crippen LogP contribution is -2.16. The summed E-state index contributed by atoms with van der Waals surface area (Å²) < 4.78 is 7.45. The van der Waals surface area contributed by atoms with E-state index in [0.717, 1.165) is 10.2 Å². The average Bonchev–Trinajstić information content (AvgIpc) is 3.19. The van der Waals surface area contributed by atoms with Crippen molar-refractivity contribution >= 4 is 39.2 Å². The Balaban J connectivity index is 1.68. The predicted molar refractivity (Wildman–Crippen MR) is 128 cm³/mol. The standard InChI is InChI=1S/C26H20N2O4S/c1-3-15-28-21-14-13-20(25(31)32-2)16-22(21)33-26(28)27-24(30)19-11-9-18(10-12-19)23(29)17-7-5-4-6-8-17/h3-14,16H,1,15H2,2H3. The summed E-state index contributed by atoms with van der Waals surface area (Å²) in [5, 5.41) is 0. The van der Waals surface area contributed by atoms with Gasteiger partial charge >= 0.3 is 5.97 Å². The van der Waals surface area contributed by atoms with Crippen molar-refractivity contribution in [2.45, 2.75) is 6.54 Å². The second-order valence-electron chi connectivity index (χ2n) is 7.15. The van der Waals surface area contributed by atoms with Gasteiger partial charge in [0, 0.05) is 23.2 Å². The largest absolute Gasteiger partial charge is 0.465 e. The number of benzene rings is 3. The number of carbonyl (C=O) groups excluding carboxylic acids is 3. The Kier molecular flexibility index (Phi) is 6.42. The number of rotatable bonds is 6. The third-order valence-electron chi connectivity index (χ3n) is 5.04. The Morgan fingerprint density at radius 2 is 1.58 bits per heavy atom. The molecule has 4 aromatic rings. The quantitative estimate of drug-likeness (QED) is 0.240. The Hall–Kier alpha value is -4.10. The number of methoxy groups -OCH3 is 1. The first-order valence-corrected chi connectivity index (χ1v) is 10.9. The lowest BCUT2D eigenvalue weighted by molar-refractivity contribution is 0.0600. The number of hydrogen-bond donors (Lipinski definition) is 0. The average molecular weight is 457 g/mol. The van der Waals surface area contributed by atoms with Crippen LogP contribution < -0.4 is 4.80 Å². The molecular weight excluding hydrogens is 436 g/mol. The Morgan fingerprint density at radius 1 is 0.939 bits per heavy atom.